The Morgan fingerprint density at radius 2 is 1.67 bits per heavy atom. The molecule has 1 saturated carbocycles. The zero-order valence-electron chi connectivity index (χ0n) is 26.5. The molecule has 9 nitrogen and oxygen atoms in total. The molecule has 3 aromatic rings. The summed E-state index contributed by atoms with van der Waals surface area (Å²) in [6.45, 7) is 5.21. The number of ketones is 1. The maximum Gasteiger partial charge on any atom is 0.264 e. The minimum atomic E-state index is -3.91. The molecule has 0 radical (unpaired) electrons. The Balaban J connectivity index is 1.32. The van der Waals surface area contributed by atoms with Crippen molar-refractivity contribution in [2.24, 2.45) is 11.8 Å². The molecule has 1 heterocycles. The van der Waals surface area contributed by atoms with Crippen molar-refractivity contribution in [2.45, 2.75) is 84.6 Å². The van der Waals surface area contributed by atoms with Gasteiger partial charge in [-0.1, -0.05) is 50.1 Å². The number of likely N-dealkylation sites (N-methyl/N-ethyl adjacent to an activating group) is 1. The number of hydrogen-bond acceptors (Lipinski definition) is 5. The summed E-state index contributed by atoms with van der Waals surface area (Å²) in [6, 6.07) is 17.7. The van der Waals surface area contributed by atoms with Crippen LogP contribution in [0.4, 0.5) is 5.69 Å². The quantitative estimate of drug-likeness (QED) is 0.109. The third-order valence-corrected chi connectivity index (χ3v) is 9.76. The number of aryl methyl sites for hydroxylation is 1. The number of unbranched alkanes of at least 4 members (excludes halogenated alkanes) is 3. The number of para-hydroxylation sites is 1. The zero-order valence-corrected chi connectivity index (χ0v) is 27.4. The Morgan fingerprint density at radius 1 is 0.933 bits per heavy atom. The Morgan fingerprint density at radius 3 is 2.38 bits per heavy atom. The fourth-order valence-electron chi connectivity index (χ4n) is 6.39. The molecule has 0 atom stereocenters. The molecule has 2 aromatic carbocycles. The maximum absolute atomic E-state index is 13.7. The van der Waals surface area contributed by atoms with Crippen molar-refractivity contribution in [1.29, 1.82) is 0 Å². The minimum Gasteiger partial charge on any atom is -0.356 e. The number of Topliss-reactive ketones (excluding diaryl/α,β-unsaturated/α-hetero) is 1. The number of benzene rings is 2. The van der Waals surface area contributed by atoms with Gasteiger partial charge in [-0.05, 0) is 87.6 Å². The van der Waals surface area contributed by atoms with Crippen LogP contribution in [0.25, 0.3) is 10.9 Å². The molecule has 0 unspecified atom stereocenters. The molecule has 0 bridgehead atoms. The lowest BCUT2D eigenvalue weighted by Crippen LogP contribution is -2.35. The molecular weight excluding hydrogens is 590 g/mol. The van der Waals surface area contributed by atoms with Crippen LogP contribution < -0.4 is 10.2 Å². The summed E-state index contributed by atoms with van der Waals surface area (Å²) in [5, 5.41) is 3.93. The Kier molecular flexibility index (Phi) is 12.4. The highest BCUT2D eigenvalue weighted by atomic mass is 32.2. The van der Waals surface area contributed by atoms with Crippen molar-refractivity contribution in [3.63, 3.8) is 0 Å². The molecule has 0 saturated heterocycles. The number of aromatic nitrogens is 1. The molecule has 0 spiro atoms. The molecule has 10 heteroatoms. The van der Waals surface area contributed by atoms with Crippen LogP contribution in [-0.4, -0.2) is 54.0 Å². The molecule has 4 rings (SSSR count). The number of hydrogen-bond donors (Lipinski definition) is 2. The van der Waals surface area contributed by atoms with Gasteiger partial charge in [0.25, 0.3) is 10.1 Å². The van der Waals surface area contributed by atoms with E-state index < -0.39 is 10.1 Å². The van der Waals surface area contributed by atoms with E-state index in [2.05, 4.69) is 24.4 Å². The van der Waals surface area contributed by atoms with Crippen LogP contribution in [0.5, 0.6) is 0 Å². The second-order valence-corrected chi connectivity index (χ2v) is 13.7. The third kappa shape index (κ3) is 9.74. The summed E-state index contributed by atoms with van der Waals surface area (Å²) in [6.07, 6.45) is 7.00. The summed E-state index contributed by atoms with van der Waals surface area (Å²) >= 11 is 0. The molecule has 45 heavy (non-hydrogen) atoms. The van der Waals surface area contributed by atoms with E-state index in [0.717, 1.165) is 61.5 Å². The largest absolute Gasteiger partial charge is 0.356 e. The number of carbonyl (C=O) groups is 3. The highest BCUT2D eigenvalue weighted by Gasteiger charge is 2.29. The standard InChI is InChI=1S/C35H47N3O6S/c1-3-26-12-11-14-30(22-26)37(4-2)34(40)25-38-31-15-8-7-13-29(31)24-32(38)33(39)23-27-16-18-28(19-17-27)35(41)36-20-9-5-6-10-21-45(42,43)44/h7-8,11-15,22,24,27-28H,3-6,9-10,16-21,23,25H2,1-2H3,(H,36,41)(H,42,43,44). The number of anilines is 1. The van der Waals surface area contributed by atoms with E-state index in [1.807, 2.05) is 54.0 Å². The van der Waals surface area contributed by atoms with Gasteiger partial charge in [0.15, 0.2) is 5.78 Å². The normalized spacial score (nSPS) is 16.9. The lowest BCUT2D eigenvalue weighted by molar-refractivity contribution is -0.126. The van der Waals surface area contributed by atoms with Gasteiger partial charge in [-0.15, -0.1) is 0 Å². The number of amides is 2. The minimum absolute atomic E-state index is 0.0249. The smallest absolute Gasteiger partial charge is 0.264 e. The van der Waals surface area contributed by atoms with Crippen molar-refractivity contribution in [2.75, 3.05) is 23.7 Å². The maximum atomic E-state index is 13.7. The van der Waals surface area contributed by atoms with Crippen molar-refractivity contribution in [3.05, 3.63) is 65.9 Å². The topological polar surface area (TPSA) is 126 Å². The van der Waals surface area contributed by atoms with E-state index in [1.54, 1.807) is 4.90 Å². The average Bonchev–Trinajstić information content (AvgIpc) is 3.39. The van der Waals surface area contributed by atoms with Crippen molar-refractivity contribution in [3.8, 4) is 0 Å². The second-order valence-electron chi connectivity index (χ2n) is 12.2. The number of carbonyl (C=O) groups excluding carboxylic acids is 3. The molecule has 1 aliphatic rings. The zero-order chi connectivity index (χ0) is 32.4. The van der Waals surface area contributed by atoms with Gasteiger partial charge in [-0.3, -0.25) is 18.9 Å². The first-order chi connectivity index (χ1) is 21.6. The van der Waals surface area contributed by atoms with E-state index in [0.29, 0.717) is 38.0 Å². The molecular formula is C35H47N3O6S. The van der Waals surface area contributed by atoms with E-state index in [9.17, 15) is 22.8 Å². The van der Waals surface area contributed by atoms with E-state index >= 15 is 0 Å². The Hall–Kier alpha value is -3.50. The van der Waals surface area contributed by atoms with Crippen LogP contribution in [0, 0.1) is 11.8 Å². The van der Waals surface area contributed by atoms with Crippen LogP contribution in [0.2, 0.25) is 0 Å². The van der Waals surface area contributed by atoms with Gasteiger partial charge in [-0.2, -0.15) is 8.42 Å². The fraction of sp³-hybridized carbons (Fsp3) is 0.514. The molecule has 0 aliphatic heterocycles. The number of fused-ring (bicyclic) bond motifs is 1. The van der Waals surface area contributed by atoms with Crippen LogP contribution in [0.15, 0.2) is 54.6 Å². The van der Waals surface area contributed by atoms with Crippen molar-refractivity contribution in [1.82, 2.24) is 9.88 Å². The van der Waals surface area contributed by atoms with Crippen molar-refractivity contribution < 1.29 is 27.4 Å². The van der Waals surface area contributed by atoms with Gasteiger partial charge in [0.05, 0.1) is 11.4 Å². The second kappa shape index (κ2) is 16.2. The van der Waals surface area contributed by atoms with Crippen molar-refractivity contribution >= 4 is 44.3 Å². The van der Waals surface area contributed by atoms with E-state index in [1.165, 1.54) is 5.56 Å². The Labute approximate surface area is 267 Å². The predicted molar refractivity (Wildman–Crippen MR) is 178 cm³/mol. The molecule has 2 amide bonds. The third-order valence-electron chi connectivity index (χ3n) is 8.96. The lowest BCUT2D eigenvalue weighted by atomic mass is 9.79. The predicted octanol–water partition coefficient (Wildman–Crippen LogP) is 6.20. The van der Waals surface area contributed by atoms with Gasteiger partial charge >= 0.3 is 0 Å². The van der Waals surface area contributed by atoms with E-state index in [-0.39, 0.29) is 41.7 Å². The van der Waals surface area contributed by atoms with Gasteiger partial charge in [0.1, 0.15) is 6.54 Å². The van der Waals surface area contributed by atoms with Gasteiger partial charge < -0.3 is 14.8 Å². The van der Waals surface area contributed by atoms with Crippen LogP contribution in [0.3, 0.4) is 0 Å². The first-order valence-electron chi connectivity index (χ1n) is 16.3. The van der Waals surface area contributed by atoms with Gasteiger partial charge in [0.2, 0.25) is 11.8 Å². The highest BCUT2D eigenvalue weighted by molar-refractivity contribution is 7.85. The molecule has 1 aromatic heterocycles. The van der Waals surface area contributed by atoms with Crippen LogP contribution in [-0.2, 0) is 32.7 Å². The first kappa shape index (κ1) is 34.4. The molecule has 1 aliphatic carbocycles. The van der Waals surface area contributed by atoms with Gasteiger partial charge in [0, 0.05) is 42.0 Å². The average molecular weight is 638 g/mol. The summed E-state index contributed by atoms with van der Waals surface area (Å²) in [5.41, 5.74) is 3.45. The molecule has 244 valence electrons. The summed E-state index contributed by atoms with van der Waals surface area (Å²) in [4.78, 5) is 41.9. The lowest BCUT2D eigenvalue weighted by Gasteiger charge is -2.27. The number of rotatable bonds is 16. The molecule has 1 fully saturated rings. The van der Waals surface area contributed by atoms with Crippen LogP contribution in [0.1, 0.15) is 87.7 Å². The van der Waals surface area contributed by atoms with Crippen LogP contribution >= 0.6 is 0 Å². The number of nitrogens with one attached hydrogen (secondary N) is 1. The van der Waals surface area contributed by atoms with Gasteiger partial charge in [-0.25, -0.2) is 0 Å². The summed E-state index contributed by atoms with van der Waals surface area (Å²) < 4.78 is 32.2. The highest BCUT2D eigenvalue weighted by Crippen LogP contribution is 2.33. The number of nitrogens with zero attached hydrogens (tertiary/aromatic N) is 2. The fourth-order valence-corrected chi connectivity index (χ4v) is 6.96. The van der Waals surface area contributed by atoms with E-state index in [4.69, 9.17) is 4.55 Å². The Bertz CT molecular complexity index is 1570. The first-order valence-corrected chi connectivity index (χ1v) is 17.9. The monoisotopic (exact) mass is 637 g/mol. The SMILES string of the molecule is CCc1cccc(N(CC)C(=O)Cn2c(C(=O)CC3CCC(C(=O)NCCCCCCS(=O)(=O)O)CC3)cc3ccccc32)c1. The summed E-state index contributed by atoms with van der Waals surface area (Å²) in [5.74, 6) is -0.0950. The molecule has 2 N–H and O–H groups in total. The summed E-state index contributed by atoms with van der Waals surface area (Å²) in [7, 11) is -3.91.